The Bertz CT molecular complexity index is 1090. The predicted octanol–water partition coefficient (Wildman–Crippen LogP) is 5.06. The van der Waals surface area contributed by atoms with E-state index in [2.05, 4.69) is 30.1 Å². The molecule has 0 spiro atoms. The second-order valence-electron chi connectivity index (χ2n) is 6.56. The van der Waals surface area contributed by atoms with Crippen LogP contribution in [0.3, 0.4) is 0 Å². The highest BCUT2D eigenvalue weighted by Gasteiger charge is 2.06. The summed E-state index contributed by atoms with van der Waals surface area (Å²) in [6.07, 6.45) is 0. The van der Waals surface area contributed by atoms with E-state index in [4.69, 9.17) is 10.5 Å². The summed E-state index contributed by atoms with van der Waals surface area (Å²) in [4.78, 5) is 0.921. The number of rotatable bonds is 4. The standard InChI is InChI=1S/C14H15NO2S.C9H10N2/c1-17-13-4-2-3-10(14(13)16)9-15-11-5-7-12(18)8-6-11;1-11-8-5-3-2-4-7(8)6-9(11)10/h2-8,15-16,18H,9H2,1H3;2-6H,10H2,1H3. The summed E-state index contributed by atoms with van der Waals surface area (Å²) in [6.45, 7) is 0.537. The average Bonchev–Trinajstić information content (AvgIpc) is 3.03. The predicted molar refractivity (Wildman–Crippen MR) is 123 cm³/mol. The number of aryl methyl sites for hydroxylation is 1. The van der Waals surface area contributed by atoms with E-state index in [1.54, 1.807) is 6.07 Å². The lowest BCUT2D eigenvalue weighted by molar-refractivity contribution is 0.371. The number of para-hydroxylation sites is 2. The minimum Gasteiger partial charge on any atom is -0.504 e. The number of hydrogen-bond acceptors (Lipinski definition) is 5. The average molecular weight is 408 g/mol. The van der Waals surface area contributed by atoms with Crippen molar-refractivity contribution in [2.45, 2.75) is 11.4 Å². The van der Waals surface area contributed by atoms with E-state index in [-0.39, 0.29) is 5.75 Å². The molecule has 3 aromatic carbocycles. The molecule has 6 heteroatoms. The number of nitrogens with zero attached hydrogens (tertiary/aromatic N) is 1. The molecule has 0 aliphatic heterocycles. The smallest absolute Gasteiger partial charge is 0.162 e. The molecule has 0 saturated carbocycles. The van der Waals surface area contributed by atoms with Crippen LogP contribution in [0.4, 0.5) is 11.5 Å². The number of hydrogen-bond donors (Lipinski definition) is 4. The van der Waals surface area contributed by atoms with Crippen LogP contribution in [0.2, 0.25) is 0 Å². The van der Waals surface area contributed by atoms with Gasteiger partial charge in [0.15, 0.2) is 11.5 Å². The number of aromatic hydroxyl groups is 1. The molecule has 0 aliphatic rings. The molecule has 4 N–H and O–H groups in total. The van der Waals surface area contributed by atoms with Gasteiger partial charge in [-0.3, -0.25) is 0 Å². The molecule has 1 heterocycles. The van der Waals surface area contributed by atoms with Crippen molar-refractivity contribution in [2.24, 2.45) is 7.05 Å². The third-order valence-corrected chi connectivity index (χ3v) is 4.94. The van der Waals surface area contributed by atoms with Crippen molar-refractivity contribution >= 4 is 35.0 Å². The molecule has 150 valence electrons. The number of fused-ring (bicyclic) bond motifs is 1. The summed E-state index contributed by atoms with van der Waals surface area (Å²) < 4.78 is 7.05. The van der Waals surface area contributed by atoms with Crippen LogP contribution in [-0.4, -0.2) is 16.8 Å². The van der Waals surface area contributed by atoms with E-state index in [0.29, 0.717) is 12.3 Å². The molecule has 0 atom stereocenters. The van der Waals surface area contributed by atoms with Gasteiger partial charge in [-0.2, -0.15) is 0 Å². The van der Waals surface area contributed by atoms with Gasteiger partial charge in [0, 0.05) is 40.6 Å². The van der Waals surface area contributed by atoms with Gasteiger partial charge in [0.05, 0.1) is 7.11 Å². The maximum atomic E-state index is 9.93. The molecule has 0 aliphatic carbocycles. The SMILES string of the molecule is COc1cccc(CNc2ccc(S)cc2)c1O.Cn1c(N)cc2ccccc21. The van der Waals surface area contributed by atoms with Gasteiger partial charge >= 0.3 is 0 Å². The minimum absolute atomic E-state index is 0.179. The first-order chi connectivity index (χ1) is 14.0. The fourth-order valence-electron chi connectivity index (χ4n) is 2.96. The van der Waals surface area contributed by atoms with Crippen LogP contribution in [0.25, 0.3) is 10.9 Å². The monoisotopic (exact) mass is 407 g/mol. The molecule has 1 aromatic heterocycles. The zero-order valence-corrected chi connectivity index (χ0v) is 17.4. The van der Waals surface area contributed by atoms with Crippen LogP contribution in [0.15, 0.2) is 77.7 Å². The topological polar surface area (TPSA) is 72.4 Å². The zero-order valence-electron chi connectivity index (χ0n) is 16.5. The van der Waals surface area contributed by atoms with Gasteiger partial charge in [0.25, 0.3) is 0 Å². The summed E-state index contributed by atoms with van der Waals surface area (Å²) in [6, 6.07) is 23.3. The molecule has 29 heavy (non-hydrogen) atoms. The highest BCUT2D eigenvalue weighted by atomic mass is 32.1. The van der Waals surface area contributed by atoms with E-state index in [1.165, 1.54) is 18.0 Å². The number of nitrogens with two attached hydrogens (primary N) is 1. The highest BCUT2D eigenvalue weighted by Crippen LogP contribution is 2.29. The van der Waals surface area contributed by atoms with Gasteiger partial charge in [0.2, 0.25) is 0 Å². The lowest BCUT2D eigenvalue weighted by atomic mass is 10.2. The number of methoxy groups -OCH3 is 1. The molecule has 0 radical (unpaired) electrons. The molecule has 0 fully saturated rings. The molecule has 5 nitrogen and oxygen atoms in total. The summed E-state index contributed by atoms with van der Waals surface area (Å²) in [5.74, 6) is 1.48. The number of thiol groups is 1. The van der Waals surface area contributed by atoms with Crippen molar-refractivity contribution < 1.29 is 9.84 Å². The van der Waals surface area contributed by atoms with Crippen molar-refractivity contribution in [2.75, 3.05) is 18.2 Å². The number of anilines is 2. The Morgan fingerprint density at radius 2 is 1.76 bits per heavy atom. The Hall–Kier alpha value is -3.25. The molecule has 0 unspecified atom stereocenters. The van der Waals surface area contributed by atoms with Gasteiger partial charge in [-0.1, -0.05) is 30.3 Å². The number of phenolic OH excluding ortho intramolecular Hbond substituents is 1. The van der Waals surface area contributed by atoms with Gasteiger partial charge < -0.3 is 25.5 Å². The second-order valence-corrected chi connectivity index (χ2v) is 7.07. The minimum atomic E-state index is 0.179. The maximum absolute atomic E-state index is 9.93. The van der Waals surface area contributed by atoms with Crippen molar-refractivity contribution in [3.05, 3.63) is 78.4 Å². The third kappa shape index (κ3) is 4.97. The van der Waals surface area contributed by atoms with E-state index < -0.39 is 0 Å². The van der Waals surface area contributed by atoms with Crippen molar-refractivity contribution in [3.8, 4) is 11.5 Å². The number of nitrogens with one attached hydrogen (secondary N) is 1. The van der Waals surface area contributed by atoms with Gasteiger partial charge in [-0.25, -0.2) is 0 Å². The zero-order chi connectivity index (χ0) is 20.8. The number of nitrogen functional groups attached to an aromatic ring is 1. The van der Waals surface area contributed by atoms with E-state index in [1.807, 2.05) is 66.2 Å². The number of aromatic nitrogens is 1. The van der Waals surface area contributed by atoms with E-state index in [0.717, 1.165) is 22.0 Å². The molecule has 4 aromatic rings. The van der Waals surface area contributed by atoms with E-state index >= 15 is 0 Å². The molecule has 0 amide bonds. The summed E-state index contributed by atoms with van der Waals surface area (Å²) in [5.41, 5.74) is 8.68. The fraction of sp³-hybridized carbons (Fsp3) is 0.130. The first-order valence-electron chi connectivity index (χ1n) is 9.17. The molecule has 0 bridgehead atoms. The Morgan fingerprint density at radius 3 is 2.45 bits per heavy atom. The second kappa shape index (κ2) is 9.30. The highest BCUT2D eigenvalue weighted by molar-refractivity contribution is 7.80. The molecular formula is C23H25N3O2S. The van der Waals surface area contributed by atoms with Crippen molar-refractivity contribution in [3.63, 3.8) is 0 Å². The van der Waals surface area contributed by atoms with Crippen molar-refractivity contribution in [1.82, 2.24) is 4.57 Å². The Morgan fingerprint density at radius 1 is 1.03 bits per heavy atom. The van der Waals surface area contributed by atoms with Crippen LogP contribution < -0.4 is 15.8 Å². The largest absolute Gasteiger partial charge is 0.504 e. The van der Waals surface area contributed by atoms with Crippen LogP contribution in [0.5, 0.6) is 11.5 Å². The normalized spacial score (nSPS) is 10.3. The summed E-state index contributed by atoms with van der Waals surface area (Å²) >= 11 is 4.23. The number of ether oxygens (including phenoxy) is 1. The van der Waals surface area contributed by atoms with Crippen LogP contribution in [0, 0.1) is 0 Å². The molecular weight excluding hydrogens is 382 g/mol. The van der Waals surface area contributed by atoms with Crippen LogP contribution >= 0.6 is 12.6 Å². The Balaban J connectivity index is 0.000000186. The Labute approximate surface area is 176 Å². The van der Waals surface area contributed by atoms with Gasteiger partial charge in [-0.15, -0.1) is 12.6 Å². The fourth-order valence-corrected chi connectivity index (χ4v) is 3.11. The van der Waals surface area contributed by atoms with Crippen LogP contribution in [-0.2, 0) is 13.6 Å². The summed E-state index contributed by atoms with van der Waals surface area (Å²) in [7, 11) is 3.51. The lowest BCUT2D eigenvalue weighted by Crippen LogP contribution is -2.00. The van der Waals surface area contributed by atoms with Gasteiger partial charge in [-0.05, 0) is 42.5 Å². The number of phenols is 1. The first kappa shape index (κ1) is 20.5. The van der Waals surface area contributed by atoms with E-state index in [9.17, 15) is 5.11 Å². The summed E-state index contributed by atoms with van der Waals surface area (Å²) in [5, 5.41) is 14.4. The molecule has 4 rings (SSSR count). The van der Waals surface area contributed by atoms with Crippen molar-refractivity contribution in [1.29, 1.82) is 0 Å². The van der Waals surface area contributed by atoms with Crippen LogP contribution in [0.1, 0.15) is 5.56 Å². The third-order valence-electron chi connectivity index (χ3n) is 4.64. The molecule has 0 saturated heterocycles. The lowest BCUT2D eigenvalue weighted by Gasteiger charge is -2.10. The Kier molecular flexibility index (Phi) is 6.57. The maximum Gasteiger partial charge on any atom is 0.162 e. The quantitative estimate of drug-likeness (QED) is 0.357. The first-order valence-corrected chi connectivity index (χ1v) is 9.62. The van der Waals surface area contributed by atoms with Gasteiger partial charge in [0.1, 0.15) is 5.82 Å². The number of benzene rings is 3.